The average molecular weight is 268 g/mol. The first kappa shape index (κ1) is 14.4. The van der Waals surface area contributed by atoms with Crippen molar-refractivity contribution in [2.24, 2.45) is 0 Å². The minimum absolute atomic E-state index is 0.179. The fourth-order valence-corrected chi connectivity index (χ4v) is 2.45. The third kappa shape index (κ3) is 2.79. The number of anilines is 3. The third-order valence-corrected chi connectivity index (χ3v) is 3.73. The average Bonchev–Trinajstić information content (AvgIpc) is 2.37. The van der Waals surface area contributed by atoms with Crippen molar-refractivity contribution in [3.63, 3.8) is 0 Å². The number of para-hydroxylation sites is 1. The Morgan fingerprint density at radius 2 is 1.55 bits per heavy atom. The van der Waals surface area contributed by atoms with Gasteiger partial charge in [-0.05, 0) is 41.7 Å². The SMILES string of the molecule is Cc1cccc(N)c1N(C)c1ccc(C(C)(C)C)cc1. The van der Waals surface area contributed by atoms with Gasteiger partial charge >= 0.3 is 0 Å². The minimum atomic E-state index is 0.179. The number of hydrogen-bond donors (Lipinski definition) is 1. The van der Waals surface area contributed by atoms with Gasteiger partial charge < -0.3 is 10.6 Å². The standard InChI is InChI=1S/C18H24N2/c1-13-7-6-8-16(19)17(13)20(5)15-11-9-14(10-12-15)18(2,3)4/h6-12H,19H2,1-5H3. The highest BCUT2D eigenvalue weighted by atomic mass is 15.1. The molecule has 2 aromatic carbocycles. The molecule has 0 bridgehead atoms. The van der Waals surface area contributed by atoms with E-state index in [0.29, 0.717) is 0 Å². The van der Waals surface area contributed by atoms with Gasteiger partial charge in [-0.1, -0.05) is 45.0 Å². The molecule has 0 unspecified atom stereocenters. The van der Waals surface area contributed by atoms with Gasteiger partial charge in [0.05, 0.1) is 11.4 Å². The highest BCUT2D eigenvalue weighted by Crippen LogP contribution is 2.33. The second-order valence-electron chi connectivity index (χ2n) is 6.37. The molecule has 0 aromatic heterocycles. The molecule has 0 saturated carbocycles. The molecule has 0 radical (unpaired) electrons. The second kappa shape index (κ2) is 5.20. The van der Waals surface area contributed by atoms with E-state index in [-0.39, 0.29) is 5.41 Å². The van der Waals surface area contributed by atoms with Crippen LogP contribution in [0.1, 0.15) is 31.9 Å². The maximum absolute atomic E-state index is 6.12. The molecule has 2 nitrogen and oxygen atoms in total. The van der Waals surface area contributed by atoms with Gasteiger partial charge in [0.2, 0.25) is 0 Å². The lowest BCUT2D eigenvalue weighted by molar-refractivity contribution is 0.590. The van der Waals surface area contributed by atoms with E-state index in [1.54, 1.807) is 0 Å². The molecule has 0 amide bonds. The smallest absolute Gasteiger partial charge is 0.0671 e. The Morgan fingerprint density at radius 3 is 2.05 bits per heavy atom. The maximum Gasteiger partial charge on any atom is 0.0671 e. The van der Waals surface area contributed by atoms with Crippen molar-refractivity contribution in [3.05, 3.63) is 53.6 Å². The zero-order chi connectivity index (χ0) is 14.9. The maximum atomic E-state index is 6.12. The summed E-state index contributed by atoms with van der Waals surface area (Å²) in [6, 6.07) is 14.7. The number of hydrogen-bond acceptors (Lipinski definition) is 2. The molecule has 0 fully saturated rings. The topological polar surface area (TPSA) is 29.3 Å². The van der Waals surface area contributed by atoms with E-state index >= 15 is 0 Å². The molecule has 2 heteroatoms. The van der Waals surface area contributed by atoms with E-state index in [9.17, 15) is 0 Å². The Kier molecular flexibility index (Phi) is 3.76. The molecule has 0 atom stereocenters. The molecule has 0 aliphatic carbocycles. The van der Waals surface area contributed by atoms with E-state index in [1.807, 2.05) is 12.1 Å². The second-order valence-corrected chi connectivity index (χ2v) is 6.37. The molecule has 0 aliphatic rings. The first-order valence-electron chi connectivity index (χ1n) is 7.00. The normalized spacial score (nSPS) is 11.4. The van der Waals surface area contributed by atoms with Crippen LogP contribution in [-0.2, 0) is 5.41 Å². The van der Waals surface area contributed by atoms with Crippen LogP contribution in [0.5, 0.6) is 0 Å². The van der Waals surface area contributed by atoms with Crippen molar-refractivity contribution in [3.8, 4) is 0 Å². The van der Waals surface area contributed by atoms with Crippen LogP contribution in [0, 0.1) is 6.92 Å². The largest absolute Gasteiger partial charge is 0.397 e. The molecule has 0 saturated heterocycles. The number of benzene rings is 2. The summed E-state index contributed by atoms with van der Waals surface area (Å²) in [4.78, 5) is 2.15. The van der Waals surface area contributed by atoms with Gasteiger partial charge in [-0.15, -0.1) is 0 Å². The van der Waals surface area contributed by atoms with Crippen molar-refractivity contribution in [2.75, 3.05) is 17.7 Å². The van der Waals surface area contributed by atoms with E-state index < -0.39 is 0 Å². The van der Waals surface area contributed by atoms with Crippen LogP contribution in [0.3, 0.4) is 0 Å². The van der Waals surface area contributed by atoms with Gasteiger partial charge in [0.25, 0.3) is 0 Å². The highest BCUT2D eigenvalue weighted by Gasteiger charge is 2.15. The highest BCUT2D eigenvalue weighted by molar-refractivity contribution is 5.77. The first-order chi connectivity index (χ1) is 9.30. The quantitative estimate of drug-likeness (QED) is 0.804. The summed E-state index contributed by atoms with van der Waals surface area (Å²) in [6.07, 6.45) is 0. The van der Waals surface area contributed by atoms with E-state index in [4.69, 9.17) is 5.73 Å². The van der Waals surface area contributed by atoms with Crippen molar-refractivity contribution in [1.29, 1.82) is 0 Å². The van der Waals surface area contributed by atoms with Crippen LogP contribution < -0.4 is 10.6 Å². The summed E-state index contributed by atoms with van der Waals surface area (Å²) in [7, 11) is 2.06. The molecule has 2 aromatic rings. The Morgan fingerprint density at radius 1 is 0.950 bits per heavy atom. The molecule has 0 heterocycles. The van der Waals surface area contributed by atoms with Crippen molar-refractivity contribution in [1.82, 2.24) is 0 Å². The summed E-state index contributed by atoms with van der Waals surface area (Å²) >= 11 is 0. The number of nitrogens with two attached hydrogens (primary N) is 1. The predicted octanol–water partition coefficient (Wildman–Crippen LogP) is 4.64. The van der Waals surface area contributed by atoms with Crippen molar-refractivity contribution >= 4 is 17.1 Å². The molecule has 106 valence electrons. The fraction of sp³-hybridized carbons (Fsp3) is 0.333. The first-order valence-corrected chi connectivity index (χ1v) is 7.00. The van der Waals surface area contributed by atoms with Crippen LogP contribution in [0.2, 0.25) is 0 Å². The fourth-order valence-electron chi connectivity index (χ4n) is 2.45. The van der Waals surface area contributed by atoms with Gasteiger partial charge in [0, 0.05) is 12.7 Å². The van der Waals surface area contributed by atoms with Gasteiger partial charge in [-0.2, -0.15) is 0 Å². The number of nitrogen functional groups attached to an aromatic ring is 1. The van der Waals surface area contributed by atoms with E-state index in [1.165, 1.54) is 11.1 Å². The number of aryl methyl sites for hydroxylation is 1. The Bertz CT molecular complexity index is 572. The molecule has 2 N–H and O–H groups in total. The van der Waals surface area contributed by atoms with E-state index in [0.717, 1.165) is 17.1 Å². The van der Waals surface area contributed by atoms with Crippen molar-refractivity contribution in [2.45, 2.75) is 33.1 Å². The third-order valence-electron chi connectivity index (χ3n) is 3.73. The Labute approximate surface area is 122 Å². The zero-order valence-electron chi connectivity index (χ0n) is 13.1. The lowest BCUT2D eigenvalue weighted by Gasteiger charge is -2.25. The van der Waals surface area contributed by atoms with E-state index in [2.05, 4.69) is 70.0 Å². The van der Waals surface area contributed by atoms with Crippen LogP contribution >= 0.6 is 0 Å². The van der Waals surface area contributed by atoms with Gasteiger partial charge in [0.1, 0.15) is 0 Å². The summed E-state index contributed by atoms with van der Waals surface area (Å²) in [5, 5.41) is 0. The van der Waals surface area contributed by atoms with Crippen LogP contribution in [0.15, 0.2) is 42.5 Å². The Hall–Kier alpha value is -1.96. The van der Waals surface area contributed by atoms with Crippen LogP contribution in [-0.4, -0.2) is 7.05 Å². The van der Waals surface area contributed by atoms with Gasteiger partial charge in [-0.3, -0.25) is 0 Å². The summed E-state index contributed by atoms with van der Waals surface area (Å²) in [5.74, 6) is 0. The van der Waals surface area contributed by atoms with Gasteiger partial charge in [0.15, 0.2) is 0 Å². The molecular formula is C18H24N2. The van der Waals surface area contributed by atoms with Crippen molar-refractivity contribution < 1.29 is 0 Å². The summed E-state index contributed by atoms with van der Waals surface area (Å²) in [5.41, 5.74) is 11.9. The molecule has 2 rings (SSSR count). The molecular weight excluding hydrogens is 244 g/mol. The zero-order valence-corrected chi connectivity index (χ0v) is 13.1. The minimum Gasteiger partial charge on any atom is -0.397 e. The number of nitrogens with zero attached hydrogens (tertiary/aromatic N) is 1. The number of rotatable bonds is 2. The van der Waals surface area contributed by atoms with Crippen LogP contribution in [0.25, 0.3) is 0 Å². The summed E-state index contributed by atoms with van der Waals surface area (Å²) in [6.45, 7) is 8.77. The molecule has 0 aliphatic heterocycles. The van der Waals surface area contributed by atoms with Gasteiger partial charge in [-0.25, -0.2) is 0 Å². The predicted molar refractivity (Wildman–Crippen MR) is 88.8 cm³/mol. The Balaban J connectivity index is 2.37. The van der Waals surface area contributed by atoms with Crippen LogP contribution in [0.4, 0.5) is 17.1 Å². The summed E-state index contributed by atoms with van der Waals surface area (Å²) < 4.78 is 0. The lowest BCUT2D eigenvalue weighted by Crippen LogP contribution is -2.14. The molecule has 20 heavy (non-hydrogen) atoms. The lowest BCUT2D eigenvalue weighted by atomic mass is 9.87. The molecule has 0 spiro atoms. The monoisotopic (exact) mass is 268 g/mol.